The molecular formula is C13H19FN2O. The summed E-state index contributed by atoms with van der Waals surface area (Å²) < 4.78 is 18.5. The third-order valence-electron chi connectivity index (χ3n) is 3.29. The molecule has 1 aliphatic heterocycles. The van der Waals surface area contributed by atoms with E-state index < -0.39 is 0 Å². The minimum Gasteiger partial charge on any atom is -0.399 e. The number of halogens is 1. The summed E-state index contributed by atoms with van der Waals surface area (Å²) in [4.78, 5) is 0. The molecule has 4 heteroatoms. The maximum Gasteiger partial charge on any atom is 0.127 e. The number of nitrogens with two attached hydrogens (primary N) is 1. The van der Waals surface area contributed by atoms with E-state index >= 15 is 0 Å². The molecule has 2 rings (SSSR count). The third kappa shape index (κ3) is 3.33. The van der Waals surface area contributed by atoms with Crippen molar-refractivity contribution in [2.24, 2.45) is 5.92 Å². The summed E-state index contributed by atoms with van der Waals surface area (Å²) in [6.07, 6.45) is 2.11. The molecule has 1 fully saturated rings. The van der Waals surface area contributed by atoms with E-state index in [-0.39, 0.29) is 5.82 Å². The van der Waals surface area contributed by atoms with E-state index in [9.17, 15) is 4.39 Å². The number of anilines is 2. The summed E-state index contributed by atoms with van der Waals surface area (Å²) in [7, 11) is 0. The lowest BCUT2D eigenvalue weighted by Crippen LogP contribution is -2.31. The monoisotopic (exact) mass is 238 g/mol. The van der Waals surface area contributed by atoms with Gasteiger partial charge in [0.1, 0.15) is 5.82 Å². The average Bonchev–Trinajstić information content (AvgIpc) is 2.28. The van der Waals surface area contributed by atoms with Crippen LogP contribution in [-0.4, -0.2) is 19.3 Å². The summed E-state index contributed by atoms with van der Waals surface area (Å²) in [6, 6.07) is 4.87. The second kappa shape index (κ2) is 5.36. The van der Waals surface area contributed by atoms with Gasteiger partial charge in [0.15, 0.2) is 0 Å². The van der Waals surface area contributed by atoms with Gasteiger partial charge in [0.05, 0.1) is 0 Å². The molecule has 17 heavy (non-hydrogen) atoms. The molecule has 1 aromatic rings. The van der Waals surface area contributed by atoms with Gasteiger partial charge in [-0.1, -0.05) is 0 Å². The van der Waals surface area contributed by atoms with Crippen LogP contribution in [-0.2, 0) is 4.74 Å². The first-order valence-corrected chi connectivity index (χ1v) is 6.05. The quantitative estimate of drug-likeness (QED) is 0.796. The number of rotatable bonds is 3. The number of nitrogens with one attached hydrogen (secondary N) is 1. The molecule has 3 N–H and O–H groups in total. The van der Waals surface area contributed by atoms with Crippen molar-refractivity contribution in [1.29, 1.82) is 0 Å². The maximum atomic E-state index is 13.2. The van der Waals surface area contributed by atoms with Crippen LogP contribution in [0.4, 0.5) is 15.8 Å². The molecule has 0 spiro atoms. The summed E-state index contributed by atoms with van der Waals surface area (Å²) in [6.45, 7) is 3.76. The first-order chi connectivity index (χ1) is 8.15. The predicted octanol–water partition coefficient (Wildman–Crippen LogP) is 2.63. The topological polar surface area (TPSA) is 47.3 Å². The van der Waals surface area contributed by atoms with Gasteiger partial charge in [-0.3, -0.25) is 0 Å². The highest BCUT2D eigenvalue weighted by Gasteiger charge is 2.20. The molecule has 0 bridgehead atoms. The second-order valence-corrected chi connectivity index (χ2v) is 4.66. The van der Waals surface area contributed by atoms with E-state index in [4.69, 9.17) is 10.5 Å². The fourth-order valence-corrected chi connectivity index (χ4v) is 2.29. The molecule has 1 aliphatic rings. The van der Waals surface area contributed by atoms with Gasteiger partial charge in [0.2, 0.25) is 0 Å². The van der Waals surface area contributed by atoms with Gasteiger partial charge in [-0.25, -0.2) is 4.39 Å². The smallest absolute Gasteiger partial charge is 0.127 e. The van der Waals surface area contributed by atoms with Crippen LogP contribution in [0, 0.1) is 11.7 Å². The lowest BCUT2D eigenvalue weighted by atomic mass is 9.93. The number of hydrogen-bond acceptors (Lipinski definition) is 3. The first-order valence-electron chi connectivity index (χ1n) is 6.05. The van der Waals surface area contributed by atoms with Crippen LogP contribution in [0.5, 0.6) is 0 Å². The second-order valence-electron chi connectivity index (χ2n) is 4.66. The van der Waals surface area contributed by atoms with Crippen LogP contribution in [0.2, 0.25) is 0 Å². The Morgan fingerprint density at radius 2 is 2.06 bits per heavy atom. The molecule has 1 heterocycles. The van der Waals surface area contributed by atoms with Gasteiger partial charge in [0, 0.05) is 30.6 Å². The Balaban J connectivity index is 1.99. The van der Waals surface area contributed by atoms with E-state index in [1.54, 1.807) is 6.07 Å². The van der Waals surface area contributed by atoms with Crippen molar-refractivity contribution in [3.8, 4) is 0 Å². The number of ether oxygens (including phenoxy) is 1. The van der Waals surface area contributed by atoms with Crippen LogP contribution in [0.15, 0.2) is 18.2 Å². The fourth-order valence-electron chi connectivity index (χ4n) is 2.29. The molecule has 0 aromatic heterocycles. The van der Waals surface area contributed by atoms with Crippen LogP contribution >= 0.6 is 0 Å². The Kier molecular flexibility index (Phi) is 3.84. The lowest BCUT2D eigenvalue weighted by Gasteiger charge is -2.29. The highest BCUT2D eigenvalue weighted by atomic mass is 19.1. The molecule has 3 nitrogen and oxygen atoms in total. The van der Waals surface area contributed by atoms with Gasteiger partial charge in [0.25, 0.3) is 0 Å². The minimum absolute atomic E-state index is 0.299. The largest absolute Gasteiger partial charge is 0.399 e. The lowest BCUT2D eigenvalue weighted by molar-refractivity contribution is 0.0622. The highest BCUT2D eigenvalue weighted by molar-refractivity contribution is 5.55. The zero-order valence-electron chi connectivity index (χ0n) is 10.1. The molecule has 1 saturated heterocycles. The summed E-state index contributed by atoms with van der Waals surface area (Å²) in [5.41, 5.74) is 6.82. The zero-order chi connectivity index (χ0) is 12.3. The van der Waals surface area contributed by atoms with Crippen molar-refractivity contribution in [2.45, 2.75) is 25.8 Å². The van der Waals surface area contributed by atoms with E-state index in [1.165, 1.54) is 12.1 Å². The Hall–Kier alpha value is -1.29. The molecule has 1 atom stereocenters. The van der Waals surface area contributed by atoms with Gasteiger partial charge in [-0.2, -0.15) is 0 Å². The molecule has 0 aliphatic carbocycles. The highest BCUT2D eigenvalue weighted by Crippen LogP contribution is 2.23. The molecular weight excluding hydrogens is 219 g/mol. The van der Waals surface area contributed by atoms with Crippen LogP contribution in [0.3, 0.4) is 0 Å². The standard InChI is InChI=1S/C13H19FN2O/c1-9(10-2-4-17-5-3-10)16-13-7-11(14)6-12(15)8-13/h6-10,16H,2-5,15H2,1H3. The normalized spacial score (nSPS) is 18.9. The van der Waals surface area contributed by atoms with Crippen molar-refractivity contribution in [2.75, 3.05) is 24.3 Å². The van der Waals surface area contributed by atoms with Crippen molar-refractivity contribution in [1.82, 2.24) is 0 Å². The van der Waals surface area contributed by atoms with Gasteiger partial charge in [-0.15, -0.1) is 0 Å². The summed E-state index contributed by atoms with van der Waals surface area (Å²) >= 11 is 0. The molecule has 1 unspecified atom stereocenters. The molecule has 0 amide bonds. The summed E-state index contributed by atoms with van der Waals surface area (Å²) in [5.74, 6) is 0.278. The van der Waals surface area contributed by atoms with Crippen LogP contribution in [0.25, 0.3) is 0 Å². The van der Waals surface area contributed by atoms with E-state index in [2.05, 4.69) is 12.2 Å². The Bertz CT molecular complexity index is 357. The molecule has 0 radical (unpaired) electrons. The van der Waals surface area contributed by atoms with Gasteiger partial charge >= 0.3 is 0 Å². The molecule has 94 valence electrons. The molecule has 0 saturated carbocycles. The van der Waals surface area contributed by atoms with Crippen LogP contribution in [0.1, 0.15) is 19.8 Å². The Morgan fingerprint density at radius 1 is 1.35 bits per heavy atom. The average molecular weight is 238 g/mol. The van der Waals surface area contributed by atoms with Crippen molar-refractivity contribution in [3.05, 3.63) is 24.0 Å². The number of benzene rings is 1. The summed E-state index contributed by atoms with van der Waals surface area (Å²) in [5, 5.41) is 3.32. The minimum atomic E-state index is -0.299. The fraction of sp³-hybridized carbons (Fsp3) is 0.538. The predicted molar refractivity (Wildman–Crippen MR) is 67.4 cm³/mol. The molecule has 1 aromatic carbocycles. The van der Waals surface area contributed by atoms with E-state index in [1.807, 2.05) is 0 Å². The zero-order valence-corrected chi connectivity index (χ0v) is 10.1. The van der Waals surface area contributed by atoms with E-state index in [0.29, 0.717) is 17.6 Å². The number of hydrogen-bond donors (Lipinski definition) is 2. The van der Waals surface area contributed by atoms with Crippen molar-refractivity contribution >= 4 is 11.4 Å². The van der Waals surface area contributed by atoms with Gasteiger partial charge < -0.3 is 15.8 Å². The number of nitrogen functional groups attached to an aromatic ring is 1. The van der Waals surface area contributed by atoms with Crippen LogP contribution < -0.4 is 11.1 Å². The van der Waals surface area contributed by atoms with E-state index in [0.717, 1.165) is 31.7 Å². The maximum absolute atomic E-state index is 13.2. The van der Waals surface area contributed by atoms with Gasteiger partial charge in [-0.05, 0) is 43.9 Å². The SMILES string of the molecule is CC(Nc1cc(N)cc(F)c1)C1CCOCC1. The van der Waals surface area contributed by atoms with Crippen molar-refractivity contribution in [3.63, 3.8) is 0 Å². The Morgan fingerprint density at radius 3 is 2.71 bits per heavy atom. The first kappa shape index (κ1) is 12.2. The third-order valence-corrected chi connectivity index (χ3v) is 3.29. The Labute approximate surface area is 101 Å². The van der Waals surface area contributed by atoms with Crippen molar-refractivity contribution < 1.29 is 9.13 Å².